The van der Waals surface area contributed by atoms with Gasteiger partial charge in [0.15, 0.2) is 0 Å². The van der Waals surface area contributed by atoms with E-state index in [9.17, 15) is 23.1 Å². The third-order valence-corrected chi connectivity index (χ3v) is 5.74. The Balaban J connectivity index is 1.72. The van der Waals surface area contributed by atoms with Crippen molar-refractivity contribution < 1.29 is 23.1 Å². The van der Waals surface area contributed by atoms with E-state index in [1.807, 2.05) is 17.0 Å². The minimum absolute atomic E-state index is 0.0527. The second-order valence-electron chi connectivity index (χ2n) is 7.20. The summed E-state index contributed by atoms with van der Waals surface area (Å²) in [5, 5.41) is 9.96. The second kappa shape index (κ2) is 6.88. The van der Waals surface area contributed by atoms with E-state index >= 15 is 0 Å². The Bertz CT molecular complexity index is 901. The number of fused-ring (bicyclic) bond motifs is 3. The van der Waals surface area contributed by atoms with E-state index in [1.54, 1.807) is 6.07 Å². The summed E-state index contributed by atoms with van der Waals surface area (Å²) in [7, 11) is 0. The van der Waals surface area contributed by atoms with Crippen molar-refractivity contribution in [3.63, 3.8) is 0 Å². The summed E-state index contributed by atoms with van der Waals surface area (Å²) >= 11 is 6.19. The predicted octanol–water partition coefficient (Wildman–Crippen LogP) is 5.18. The van der Waals surface area contributed by atoms with Gasteiger partial charge in [0.25, 0.3) is 0 Å². The summed E-state index contributed by atoms with van der Waals surface area (Å²) in [5.74, 6) is -1.23. The maximum Gasteiger partial charge on any atom is 0.416 e. The summed E-state index contributed by atoms with van der Waals surface area (Å²) in [4.78, 5) is 15.6. The molecule has 2 aliphatic heterocycles. The van der Waals surface area contributed by atoms with Crippen LogP contribution in [0.5, 0.6) is 0 Å². The minimum atomic E-state index is -4.39. The van der Waals surface area contributed by atoms with Gasteiger partial charge in [0.2, 0.25) is 0 Å². The van der Waals surface area contributed by atoms with Crippen molar-refractivity contribution in [3.05, 3.63) is 53.1 Å². The van der Waals surface area contributed by atoms with Gasteiger partial charge in [0, 0.05) is 29.8 Å². The number of piperidine rings is 1. The fraction of sp³-hybridized carbons (Fsp3) is 0.350. The maximum absolute atomic E-state index is 12.9. The molecule has 0 aromatic heterocycles. The molecule has 0 unspecified atom stereocenters. The van der Waals surface area contributed by atoms with Gasteiger partial charge in [-0.05, 0) is 55.3 Å². The molecule has 4 rings (SSSR count). The zero-order chi connectivity index (χ0) is 20.1. The van der Waals surface area contributed by atoms with E-state index in [0.717, 1.165) is 23.5 Å². The number of alkyl halides is 3. The summed E-state index contributed by atoms with van der Waals surface area (Å²) in [6, 6.07) is 10.4. The molecular formula is C20H18ClF3N2O2. The lowest BCUT2D eigenvalue weighted by Crippen LogP contribution is -2.52. The number of nitrogens with zero attached hydrogens (tertiary/aromatic N) is 2. The Labute approximate surface area is 165 Å². The zero-order valence-corrected chi connectivity index (χ0v) is 15.5. The number of hydrogen-bond donors (Lipinski definition) is 1. The molecule has 0 aliphatic carbocycles. The first-order chi connectivity index (χ1) is 13.2. The molecule has 148 valence electrons. The minimum Gasteiger partial charge on any atom is -0.481 e. The number of carbonyl (C=O) groups is 1. The highest BCUT2D eigenvalue weighted by Crippen LogP contribution is 2.44. The molecule has 0 spiro atoms. The first-order valence-electron chi connectivity index (χ1n) is 8.98. The highest BCUT2D eigenvalue weighted by Gasteiger charge is 2.38. The highest BCUT2D eigenvalue weighted by atomic mass is 35.5. The van der Waals surface area contributed by atoms with Crippen LogP contribution in [-0.2, 0) is 11.0 Å². The van der Waals surface area contributed by atoms with Crippen molar-refractivity contribution in [1.82, 2.24) is 0 Å². The van der Waals surface area contributed by atoms with E-state index in [2.05, 4.69) is 4.90 Å². The van der Waals surface area contributed by atoms with Gasteiger partial charge in [-0.1, -0.05) is 11.6 Å². The monoisotopic (exact) mass is 410 g/mol. The summed E-state index contributed by atoms with van der Waals surface area (Å²) < 4.78 is 38.7. The molecule has 0 radical (unpaired) electrons. The molecule has 28 heavy (non-hydrogen) atoms. The third kappa shape index (κ3) is 3.39. The Kier molecular flexibility index (Phi) is 4.65. The number of benzene rings is 2. The number of carboxylic acids is 1. The summed E-state index contributed by atoms with van der Waals surface area (Å²) in [6.07, 6.45) is -3.35. The van der Waals surface area contributed by atoms with E-state index in [4.69, 9.17) is 11.6 Å². The van der Waals surface area contributed by atoms with Gasteiger partial charge >= 0.3 is 12.1 Å². The van der Waals surface area contributed by atoms with E-state index in [-0.39, 0.29) is 6.04 Å². The van der Waals surface area contributed by atoms with Crippen molar-refractivity contribution in [2.24, 2.45) is 5.92 Å². The normalized spacial score (nSPS) is 21.9. The van der Waals surface area contributed by atoms with Gasteiger partial charge in [-0.2, -0.15) is 13.2 Å². The Morgan fingerprint density at radius 3 is 2.46 bits per heavy atom. The molecule has 2 aromatic carbocycles. The number of carboxylic acid groups (broad SMARTS) is 1. The maximum atomic E-state index is 12.9. The van der Waals surface area contributed by atoms with E-state index in [0.29, 0.717) is 36.6 Å². The molecule has 1 fully saturated rings. The molecule has 0 amide bonds. The molecule has 2 heterocycles. The SMILES string of the molecule is O=C(O)[C@H]1CCN2c3cc(Cl)ccc3N(c3ccc(C(F)(F)F)cc3)C[C@@H]2C1. The lowest BCUT2D eigenvalue weighted by atomic mass is 9.88. The van der Waals surface area contributed by atoms with E-state index < -0.39 is 23.6 Å². The zero-order valence-electron chi connectivity index (χ0n) is 14.8. The quantitative estimate of drug-likeness (QED) is 0.740. The summed E-state index contributed by atoms with van der Waals surface area (Å²) in [5.41, 5.74) is 1.67. The van der Waals surface area contributed by atoms with Crippen LogP contribution in [0.2, 0.25) is 5.02 Å². The molecule has 0 bridgehead atoms. The number of hydrogen-bond acceptors (Lipinski definition) is 3. The van der Waals surface area contributed by atoms with Gasteiger partial charge in [-0.3, -0.25) is 4.79 Å². The van der Waals surface area contributed by atoms with Gasteiger partial charge in [0.1, 0.15) is 0 Å². The van der Waals surface area contributed by atoms with Crippen molar-refractivity contribution in [2.45, 2.75) is 25.1 Å². The first kappa shape index (κ1) is 18.9. The molecule has 1 saturated heterocycles. The third-order valence-electron chi connectivity index (χ3n) is 5.50. The smallest absolute Gasteiger partial charge is 0.416 e. The van der Waals surface area contributed by atoms with Crippen LogP contribution in [0.3, 0.4) is 0 Å². The van der Waals surface area contributed by atoms with Crippen LogP contribution in [0.15, 0.2) is 42.5 Å². The Hall–Kier alpha value is -2.41. The van der Waals surface area contributed by atoms with Crippen molar-refractivity contribution >= 4 is 34.6 Å². The molecule has 8 heteroatoms. The fourth-order valence-electron chi connectivity index (χ4n) is 4.10. The Morgan fingerprint density at radius 1 is 1.11 bits per heavy atom. The van der Waals surface area contributed by atoms with Crippen LogP contribution >= 0.6 is 11.6 Å². The van der Waals surface area contributed by atoms with Crippen molar-refractivity contribution in [3.8, 4) is 0 Å². The van der Waals surface area contributed by atoms with Gasteiger partial charge in [-0.25, -0.2) is 0 Å². The lowest BCUT2D eigenvalue weighted by molar-refractivity contribution is -0.142. The van der Waals surface area contributed by atoms with Crippen molar-refractivity contribution in [1.29, 1.82) is 0 Å². The van der Waals surface area contributed by atoms with Gasteiger partial charge < -0.3 is 14.9 Å². The van der Waals surface area contributed by atoms with Crippen LogP contribution in [0.1, 0.15) is 18.4 Å². The molecular weight excluding hydrogens is 393 g/mol. The van der Waals surface area contributed by atoms with Crippen LogP contribution in [0.4, 0.5) is 30.2 Å². The number of anilines is 3. The second-order valence-corrected chi connectivity index (χ2v) is 7.63. The fourth-order valence-corrected chi connectivity index (χ4v) is 4.27. The number of aliphatic carboxylic acids is 1. The van der Waals surface area contributed by atoms with Crippen LogP contribution < -0.4 is 9.80 Å². The lowest BCUT2D eigenvalue weighted by Gasteiger charge is -2.48. The van der Waals surface area contributed by atoms with Crippen LogP contribution in [-0.4, -0.2) is 30.2 Å². The number of rotatable bonds is 2. The van der Waals surface area contributed by atoms with Crippen LogP contribution in [0.25, 0.3) is 0 Å². The van der Waals surface area contributed by atoms with Gasteiger partial charge in [0.05, 0.1) is 22.9 Å². The van der Waals surface area contributed by atoms with Gasteiger partial charge in [-0.15, -0.1) is 0 Å². The average Bonchev–Trinajstić information content (AvgIpc) is 2.66. The Morgan fingerprint density at radius 2 is 1.82 bits per heavy atom. The standard InChI is InChI=1S/C20H18ClF3N2O2/c21-14-3-6-17-18(10-14)25-8-7-12(19(27)28)9-16(25)11-26(17)15-4-1-13(2-5-15)20(22,23)24/h1-6,10,12,16H,7-9,11H2,(H,27,28)/t12-,16-/m0/s1. The van der Waals surface area contributed by atoms with Crippen LogP contribution in [0, 0.1) is 5.92 Å². The molecule has 2 aromatic rings. The van der Waals surface area contributed by atoms with Crippen molar-refractivity contribution in [2.75, 3.05) is 22.9 Å². The average molecular weight is 411 g/mol. The van der Waals surface area contributed by atoms with E-state index in [1.165, 1.54) is 12.1 Å². The predicted molar refractivity (Wildman–Crippen MR) is 101 cm³/mol. The molecule has 2 atom stereocenters. The molecule has 4 nitrogen and oxygen atoms in total. The molecule has 1 N–H and O–H groups in total. The highest BCUT2D eigenvalue weighted by molar-refractivity contribution is 6.31. The topological polar surface area (TPSA) is 43.8 Å². The molecule has 0 saturated carbocycles. The molecule has 2 aliphatic rings. The summed E-state index contributed by atoms with van der Waals surface area (Å²) in [6.45, 7) is 1.11. The first-order valence-corrected chi connectivity index (χ1v) is 9.35. The number of halogens is 4. The largest absolute Gasteiger partial charge is 0.481 e.